The highest BCUT2D eigenvalue weighted by Crippen LogP contribution is 2.27. The number of nitrogens with one attached hydrogen (secondary N) is 1. The normalized spacial score (nSPS) is 15.5. The summed E-state index contributed by atoms with van der Waals surface area (Å²) in [6.45, 7) is 7.39. The van der Waals surface area contributed by atoms with Crippen LogP contribution in [0.25, 0.3) is 0 Å². The van der Waals surface area contributed by atoms with Crippen molar-refractivity contribution in [3.8, 4) is 0 Å². The second kappa shape index (κ2) is 8.19. The highest BCUT2D eigenvalue weighted by atomic mass is 32.2. The highest BCUT2D eigenvalue weighted by molar-refractivity contribution is 7.92. The molecule has 0 aromatic heterocycles. The van der Waals surface area contributed by atoms with E-state index in [2.05, 4.69) is 23.5 Å². The maximum Gasteiger partial charge on any atom is 0.244 e. The molecule has 2 atom stereocenters. The number of nitrogens with zero attached hydrogens (tertiary/aromatic N) is 1. The van der Waals surface area contributed by atoms with Crippen LogP contribution in [0.1, 0.15) is 54.1 Å². The number of aryl methyl sites for hydroxylation is 4. The number of amides is 1. The Morgan fingerprint density at radius 3 is 2.24 bits per heavy atom. The molecule has 0 aliphatic heterocycles. The fourth-order valence-corrected chi connectivity index (χ4v) is 5.32. The van der Waals surface area contributed by atoms with Gasteiger partial charge >= 0.3 is 0 Å². The molecular weight excluding hydrogens is 384 g/mol. The van der Waals surface area contributed by atoms with Crippen molar-refractivity contribution in [2.24, 2.45) is 0 Å². The molecule has 0 unspecified atom stereocenters. The van der Waals surface area contributed by atoms with Gasteiger partial charge in [0.25, 0.3) is 0 Å². The number of fused-ring (bicyclic) bond motifs is 1. The van der Waals surface area contributed by atoms with Crippen LogP contribution in [0, 0.1) is 13.8 Å². The molecule has 2 aromatic carbocycles. The molecule has 5 nitrogen and oxygen atoms in total. The number of carbonyl (C=O) groups is 1. The molecule has 3 rings (SSSR count). The largest absolute Gasteiger partial charge is 0.348 e. The predicted molar refractivity (Wildman–Crippen MR) is 118 cm³/mol. The number of carbonyl (C=O) groups excluding carboxylic acids is 1. The van der Waals surface area contributed by atoms with Crippen LogP contribution in [0.4, 0.5) is 5.69 Å². The molecule has 0 heterocycles. The minimum Gasteiger partial charge on any atom is -0.348 e. The summed E-state index contributed by atoms with van der Waals surface area (Å²) in [7, 11) is -3.63. The number of sulfonamides is 1. The summed E-state index contributed by atoms with van der Waals surface area (Å²) in [6, 6.07) is 10.9. The smallest absolute Gasteiger partial charge is 0.244 e. The number of benzene rings is 2. The van der Waals surface area contributed by atoms with Crippen molar-refractivity contribution in [1.82, 2.24) is 5.32 Å². The van der Waals surface area contributed by atoms with Gasteiger partial charge in [-0.2, -0.15) is 0 Å². The average Bonchev–Trinajstić information content (AvgIpc) is 3.07. The Hall–Kier alpha value is -2.34. The lowest BCUT2D eigenvalue weighted by atomic mass is 10.0. The number of anilines is 1. The van der Waals surface area contributed by atoms with Crippen molar-refractivity contribution in [3.63, 3.8) is 0 Å². The van der Waals surface area contributed by atoms with Gasteiger partial charge < -0.3 is 5.32 Å². The van der Waals surface area contributed by atoms with E-state index >= 15 is 0 Å². The van der Waals surface area contributed by atoms with Crippen LogP contribution in [0.2, 0.25) is 0 Å². The molecule has 2 aromatic rings. The lowest BCUT2D eigenvalue weighted by Crippen LogP contribution is -2.48. The van der Waals surface area contributed by atoms with Gasteiger partial charge in [0, 0.05) is 0 Å². The number of rotatable bonds is 6. The zero-order valence-electron chi connectivity index (χ0n) is 17.8. The van der Waals surface area contributed by atoms with Crippen molar-refractivity contribution < 1.29 is 13.2 Å². The molecule has 0 saturated heterocycles. The number of hydrogen-bond donors (Lipinski definition) is 1. The fourth-order valence-electron chi connectivity index (χ4n) is 4.17. The van der Waals surface area contributed by atoms with Gasteiger partial charge in [-0.25, -0.2) is 8.42 Å². The predicted octanol–water partition coefficient (Wildman–Crippen LogP) is 3.82. The summed E-state index contributed by atoms with van der Waals surface area (Å²) in [5, 5.41) is 2.99. The van der Waals surface area contributed by atoms with Crippen LogP contribution in [-0.4, -0.2) is 26.6 Å². The van der Waals surface area contributed by atoms with Gasteiger partial charge in [0.05, 0.1) is 18.0 Å². The quantitative estimate of drug-likeness (QED) is 0.781. The molecule has 1 amide bonds. The first-order valence-corrected chi connectivity index (χ1v) is 11.9. The second-order valence-corrected chi connectivity index (χ2v) is 10.1. The van der Waals surface area contributed by atoms with Crippen molar-refractivity contribution in [3.05, 3.63) is 64.2 Å². The van der Waals surface area contributed by atoms with Gasteiger partial charge in [-0.15, -0.1) is 0 Å². The summed E-state index contributed by atoms with van der Waals surface area (Å²) in [6.07, 6.45) is 4.51. The van der Waals surface area contributed by atoms with Crippen molar-refractivity contribution in [2.75, 3.05) is 10.6 Å². The zero-order valence-corrected chi connectivity index (χ0v) is 18.6. The van der Waals surface area contributed by atoms with E-state index in [4.69, 9.17) is 0 Å². The lowest BCUT2D eigenvalue weighted by Gasteiger charge is -2.30. The van der Waals surface area contributed by atoms with Crippen molar-refractivity contribution in [1.29, 1.82) is 0 Å². The highest BCUT2D eigenvalue weighted by Gasteiger charge is 2.30. The van der Waals surface area contributed by atoms with Crippen molar-refractivity contribution >= 4 is 21.6 Å². The van der Waals surface area contributed by atoms with Crippen molar-refractivity contribution in [2.45, 2.75) is 59.0 Å². The molecular formula is C23H30N2O3S. The van der Waals surface area contributed by atoms with Gasteiger partial charge in [0.2, 0.25) is 15.9 Å². The van der Waals surface area contributed by atoms with Gasteiger partial charge in [-0.3, -0.25) is 9.10 Å². The molecule has 1 N–H and O–H groups in total. The molecule has 0 radical (unpaired) electrons. The maximum absolute atomic E-state index is 13.0. The first kappa shape index (κ1) is 21.4. The minimum atomic E-state index is -3.63. The standard InChI is InChI=1S/C23H30N2O3S/c1-15-11-16(2)13-22(12-15)25(29(5,27)28)18(4)23(26)24-17(3)20-10-9-19-7-6-8-21(19)14-20/h9-14,17-18H,6-8H2,1-5H3,(H,24,26)/t17-,18+/m1/s1. The molecule has 29 heavy (non-hydrogen) atoms. The third-order valence-electron chi connectivity index (χ3n) is 5.53. The Morgan fingerprint density at radius 1 is 1.00 bits per heavy atom. The Balaban J connectivity index is 1.82. The van der Waals surface area contributed by atoms with Crippen LogP contribution in [-0.2, 0) is 27.7 Å². The summed E-state index contributed by atoms with van der Waals surface area (Å²) in [5.74, 6) is -0.317. The third kappa shape index (κ3) is 4.81. The van der Waals surface area contributed by atoms with Gasteiger partial charge in [0.15, 0.2) is 0 Å². The van der Waals surface area contributed by atoms with E-state index < -0.39 is 16.1 Å². The molecule has 1 aliphatic rings. The van der Waals surface area contributed by atoms with E-state index in [1.165, 1.54) is 21.9 Å². The molecule has 0 saturated carbocycles. The summed E-state index contributed by atoms with van der Waals surface area (Å²) < 4.78 is 26.3. The maximum atomic E-state index is 13.0. The van der Waals surface area contributed by atoms with E-state index in [9.17, 15) is 13.2 Å². The third-order valence-corrected chi connectivity index (χ3v) is 6.77. The Labute approximate surface area is 174 Å². The Bertz CT molecular complexity index is 1010. The van der Waals surface area contributed by atoms with E-state index in [1.807, 2.05) is 26.8 Å². The summed E-state index contributed by atoms with van der Waals surface area (Å²) >= 11 is 0. The molecule has 6 heteroatoms. The number of hydrogen-bond acceptors (Lipinski definition) is 3. The SMILES string of the molecule is Cc1cc(C)cc(N([C@@H](C)C(=O)N[C@H](C)c2ccc3c(c2)CCC3)S(C)(=O)=O)c1. The second-order valence-electron chi connectivity index (χ2n) is 8.19. The molecule has 0 bridgehead atoms. The zero-order chi connectivity index (χ0) is 21.3. The Kier molecular flexibility index (Phi) is 6.03. The fraction of sp³-hybridized carbons (Fsp3) is 0.435. The molecule has 0 fully saturated rings. The molecule has 0 spiro atoms. The average molecular weight is 415 g/mol. The molecule has 156 valence electrons. The Morgan fingerprint density at radius 2 is 1.62 bits per heavy atom. The van der Waals surface area contributed by atoms with Gasteiger partial charge in [0.1, 0.15) is 6.04 Å². The lowest BCUT2D eigenvalue weighted by molar-refractivity contribution is -0.122. The van der Waals surface area contributed by atoms with Crippen LogP contribution in [0.5, 0.6) is 0 Å². The first-order valence-electron chi connectivity index (χ1n) is 10.1. The van der Waals surface area contributed by atoms with Crippen LogP contribution < -0.4 is 9.62 Å². The monoisotopic (exact) mass is 414 g/mol. The van der Waals surface area contributed by atoms with E-state index in [1.54, 1.807) is 19.1 Å². The summed E-state index contributed by atoms with van der Waals surface area (Å²) in [4.78, 5) is 13.0. The van der Waals surface area contributed by atoms with Gasteiger partial charge in [-0.1, -0.05) is 24.3 Å². The summed E-state index contributed by atoms with van der Waals surface area (Å²) in [5.41, 5.74) is 6.20. The van der Waals surface area contributed by atoms with Gasteiger partial charge in [-0.05, 0) is 86.9 Å². The van der Waals surface area contributed by atoms with Crippen LogP contribution in [0.3, 0.4) is 0 Å². The van der Waals surface area contributed by atoms with E-state index in [0.29, 0.717) is 5.69 Å². The first-order chi connectivity index (χ1) is 13.6. The topological polar surface area (TPSA) is 66.5 Å². The van der Waals surface area contributed by atoms with E-state index in [-0.39, 0.29) is 11.9 Å². The minimum absolute atomic E-state index is 0.198. The van der Waals surface area contributed by atoms with Crippen LogP contribution >= 0.6 is 0 Å². The van der Waals surface area contributed by atoms with Crippen LogP contribution in [0.15, 0.2) is 36.4 Å². The molecule has 1 aliphatic carbocycles. The van der Waals surface area contributed by atoms with E-state index in [0.717, 1.165) is 35.8 Å².